The highest BCUT2D eigenvalue weighted by molar-refractivity contribution is 7.89. The highest BCUT2D eigenvalue weighted by Crippen LogP contribution is 2.20. The van der Waals surface area contributed by atoms with E-state index in [0.717, 1.165) is 12.8 Å². The highest BCUT2D eigenvalue weighted by atomic mass is 32.2. The smallest absolute Gasteiger partial charge is 0.410 e. The van der Waals surface area contributed by atoms with Crippen LogP contribution >= 0.6 is 0 Å². The summed E-state index contributed by atoms with van der Waals surface area (Å²) < 4.78 is 31.6. The van der Waals surface area contributed by atoms with Gasteiger partial charge in [0.1, 0.15) is 5.75 Å². The largest absolute Gasteiger partial charge is 0.419 e. The van der Waals surface area contributed by atoms with Gasteiger partial charge in [0.25, 0.3) is 0 Å². The Hall–Kier alpha value is -2.38. The second-order valence-corrected chi connectivity index (χ2v) is 7.96. The molecule has 0 aromatic heterocycles. The van der Waals surface area contributed by atoms with Crippen LogP contribution in [0.15, 0.2) is 59.5 Å². The molecule has 0 bridgehead atoms. The van der Waals surface area contributed by atoms with Gasteiger partial charge in [0, 0.05) is 26.3 Å². The predicted octanol–water partition coefficient (Wildman–Crippen LogP) is 3.74. The van der Waals surface area contributed by atoms with E-state index in [0.29, 0.717) is 12.2 Å². The minimum absolute atomic E-state index is 0.173. The van der Waals surface area contributed by atoms with E-state index in [-0.39, 0.29) is 10.6 Å². The third-order valence-electron chi connectivity index (χ3n) is 3.98. The van der Waals surface area contributed by atoms with Crippen molar-refractivity contribution in [1.82, 2.24) is 4.31 Å². The Balaban J connectivity index is 2.06. The number of benzene rings is 2. The van der Waals surface area contributed by atoms with E-state index in [4.69, 9.17) is 4.74 Å². The molecule has 2 aromatic rings. The molecule has 0 atom stereocenters. The van der Waals surface area contributed by atoms with Gasteiger partial charge in [-0.05, 0) is 42.8 Å². The van der Waals surface area contributed by atoms with E-state index in [1.54, 1.807) is 26.2 Å². The molecule has 0 aliphatic heterocycles. The Labute approximate surface area is 155 Å². The van der Waals surface area contributed by atoms with E-state index in [1.165, 1.54) is 33.5 Å². The number of unbranched alkanes of at least 4 members (excludes halogenated alkanes) is 1. The first kappa shape index (κ1) is 19.9. The van der Waals surface area contributed by atoms with Crippen molar-refractivity contribution in [2.24, 2.45) is 0 Å². The Morgan fingerprint density at radius 3 is 2.19 bits per heavy atom. The number of carbonyl (C=O) groups excluding carboxylic acids is 1. The van der Waals surface area contributed by atoms with Gasteiger partial charge >= 0.3 is 6.09 Å². The Morgan fingerprint density at radius 2 is 1.62 bits per heavy atom. The molecule has 0 saturated heterocycles. The molecule has 0 heterocycles. The molecule has 0 N–H and O–H groups in total. The number of hydrogen-bond donors (Lipinski definition) is 0. The summed E-state index contributed by atoms with van der Waals surface area (Å²) in [7, 11) is -0.360. The van der Waals surface area contributed by atoms with E-state index >= 15 is 0 Å². The summed E-state index contributed by atoms with van der Waals surface area (Å²) in [5.74, 6) is 0.285. The molecule has 2 aromatic carbocycles. The minimum atomic E-state index is -3.53. The van der Waals surface area contributed by atoms with Crippen molar-refractivity contribution in [2.75, 3.05) is 25.5 Å². The van der Waals surface area contributed by atoms with Crippen LogP contribution in [0.2, 0.25) is 0 Å². The van der Waals surface area contributed by atoms with Crippen molar-refractivity contribution in [3.8, 4) is 5.75 Å². The lowest BCUT2D eigenvalue weighted by Gasteiger charge is -2.18. The molecule has 26 heavy (non-hydrogen) atoms. The monoisotopic (exact) mass is 376 g/mol. The zero-order valence-electron chi connectivity index (χ0n) is 15.3. The standard InChI is InChI=1S/C19H24N2O4S/c1-4-5-15-20(2)26(23,24)18-13-11-17(12-14-18)25-19(22)21(3)16-9-7-6-8-10-16/h6-14H,4-5,15H2,1-3H3. The predicted molar refractivity (Wildman–Crippen MR) is 102 cm³/mol. The first-order valence-corrected chi connectivity index (χ1v) is 9.87. The molecule has 0 saturated carbocycles. The van der Waals surface area contributed by atoms with Crippen LogP contribution in [0.5, 0.6) is 5.75 Å². The average Bonchev–Trinajstić information content (AvgIpc) is 2.66. The molecular formula is C19H24N2O4S. The number of amides is 1. The van der Waals surface area contributed by atoms with Crippen molar-refractivity contribution in [3.63, 3.8) is 0 Å². The fraction of sp³-hybridized carbons (Fsp3) is 0.316. The topological polar surface area (TPSA) is 66.9 Å². The Bertz CT molecular complexity index is 820. The van der Waals surface area contributed by atoms with Crippen LogP contribution in [0.1, 0.15) is 19.8 Å². The maximum absolute atomic E-state index is 12.5. The molecule has 140 valence electrons. The van der Waals surface area contributed by atoms with Crippen molar-refractivity contribution in [1.29, 1.82) is 0 Å². The SMILES string of the molecule is CCCCN(C)S(=O)(=O)c1ccc(OC(=O)N(C)c2ccccc2)cc1. The normalized spacial score (nSPS) is 11.4. The number of anilines is 1. The Morgan fingerprint density at radius 1 is 1.00 bits per heavy atom. The fourth-order valence-electron chi connectivity index (χ4n) is 2.29. The summed E-state index contributed by atoms with van der Waals surface area (Å²) >= 11 is 0. The second-order valence-electron chi connectivity index (χ2n) is 5.91. The van der Waals surface area contributed by atoms with Crippen LogP contribution in [0.4, 0.5) is 10.5 Å². The van der Waals surface area contributed by atoms with Crippen LogP contribution < -0.4 is 9.64 Å². The fourth-order valence-corrected chi connectivity index (χ4v) is 3.50. The lowest BCUT2D eigenvalue weighted by Crippen LogP contribution is -2.29. The third-order valence-corrected chi connectivity index (χ3v) is 5.85. The first-order valence-electron chi connectivity index (χ1n) is 8.43. The molecule has 1 amide bonds. The average molecular weight is 376 g/mol. The molecular weight excluding hydrogens is 352 g/mol. The van der Waals surface area contributed by atoms with Gasteiger partial charge in [0.2, 0.25) is 10.0 Å². The highest BCUT2D eigenvalue weighted by Gasteiger charge is 2.20. The van der Waals surface area contributed by atoms with Gasteiger partial charge < -0.3 is 4.74 Å². The molecule has 0 fully saturated rings. The molecule has 7 heteroatoms. The van der Waals surface area contributed by atoms with Crippen LogP contribution in [-0.2, 0) is 10.0 Å². The molecule has 2 rings (SSSR count). The van der Waals surface area contributed by atoms with Crippen molar-refractivity contribution in [3.05, 3.63) is 54.6 Å². The number of ether oxygens (including phenoxy) is 1. The molecule has 0 aliphatic rings. The van der Waals surface area contributed by atoms with Gasteiger partial charge in [0.15, 0.2) is 0 Å². The van der Waals surface area contributed by atoms with E-state index in [1.807, 2.05) is 25.1 Å². The van der Waals surface area contributed by atoms with Gasteiger partial charge in [-0.15, -0.1) is 0 Å². The number of rotatable bonds is 7. The number of hydrogen-bond acceptors (Lipinski definition) is 4. The van der Waals surface area contributed by atoms with Gasteiger partial charge in [-0.3, -0.25) is 4.90 Å². The summed E-state index contributed by atoms with van der Waals surface area (Å²) in [4.78, 5) is 13.7. The quantitative estimate of drug-likeness (QED) is 0.738. The minimum Gasteiger partial charge on any atom is -0.410 e. The number of nitrogens with zero attached hydrogens (tertiary/aromatic N) is 2. The van der Waals surface area contributed by atoms with E-state index < -0.39 is 16.1 Å². The lowest BCUT2D eigenvalue weighted by molar-refractivity contribution is 0.209. The van der Waals surface area contributed by atoms with Crippen molar-refractivity contribution >= 4 is 21.8 Å². The first-order chi connectivity index (χ1) is 12.4. The van der Waals surface area contributed by atoms with E-state index in [2.05, 4.69) is 0 Å². The summed E-state index contributed by atoms with van der Waals surface area (Å²) in [5.41, 5.74) is 0.703. The maximum Gasteiger partial charge on any atom is 0.419 e. The molecule has 6 nitrogen and oxygen atoms in total. The number of para-hydroxylation sites is 1. The van der Waals surface area contributed by atoms with Crippen molar-refractivity contribution in [2.45, 2.75) is 24.7 Å². The number of carbonyl (C=O) groups is 1. The molecule has 0 unspecified atom stereocenters. The van der Waals surface area contributed by atoms with Gasteiger partial charge in [-0.1, -0.05) is 31.5 Å². The number of sulfonamides is 1. The van der Waals surface area contributed by atoms with Crippen LogP contribution in [0.3, 0.4) is 0 Å². The molecule has 0 radical (unpaired) electrons. The third kappa shape index (κ3) is 4.83. The van der Waals surface area contributed by atoms with E-state index in [9.17, 15) is 13.2 Å². The summed E-state index contributed by atoms with van der Waals surface area (Å²) in [6.07, 6.45) is 1.17. The zero-order valence-corrected chi connectivity index (χ0v) is 16.1. The lowest BCUT2D eigenvalue weighted by atomic mass is 10.3. The molecule has 0 spiro atoms. The van der Waals surface area contributed by atoms with Gasteiger partial charge in [-0.2, -0.15) is 0 Å². The van der Waals surface area contributed by atoms with Crippen LogP contribution in [-0.4, -0.2) is 39.5 Å². The Kier molecular flexibility index (Phi) is 6.76. The summed E-state index contributed by atoms with van der Waals surface area (Å²) in [6, 6.07) is 15.0. The second kappa shape index (κ2) is 8.82. The molecule has 0 aliphatic carbocycles. The summed E-state index contributed by atoms with van der Waals surface area (Å²) in [5, 5.41) is 0. The van der Waals surface area contributed by atoms with Crippen LogP contribution in [0, 0.1) is 0 Å². The zero-order chi connectivity index (χ0) is 19.2. The summed E-state index contributed by atoms with van der Waals surface area (Å²) in [6.45, 7) is 2.48. The van der Waals surface area contributed by atoms with Gasteiger partial charge in [-0.25, -0.2) is 17.5 Å². The van der Waals surface area contributed by atoms with Gasteiger partial charge in [0.05, 0.1) is 4.90 Å². The van der Waals surface area contributed by atoms with Crippen molar-refractivity contribution < 1.29 is 17.9 Å². The van der Waals surface area contributed by atoms with Crippen LogP contribution in [0.25, 0.3) is 0 Å². The maximum atomic E-state index is 12.5.